The quantitative estimate of drug-likeness (QED) is 0.684. The van der Waals surface area contributed by atoms with E-state index in [-0.39, 0.29) is 35.9 Å². The molecule has 25 heavy (non-hydrogen) atoms. The van der Waals surface area contributed by atoms with Gasteiger partial charge in [0.15, 0.2) is 0 Å². The number of amides is 1. The first-order valence-corrected chi connectivity index (χ1v) is 8.27. The maximum Gasteiger partial charge on any atom is 0.266 e. The van der Waals surface area contributed by atoms with E-state index < -0.39 is 5.54 Å². The van der Waals surface area contributed by atoms with Gasteiger partial charge in [0, 0.05) is 24.2 Å². The Bertz CT molecular complexity index is 706. The molecule has 0 saturated heterocycles. The van der Waals surface area contributed by atoms with Crippen LogP contribution in [0, 0.1) is 31.1 Å². The highest BCUT2D eigenvalue weighted by Crippen LogP contribution is 2.17. The van der Waals surface area contributed by atoms with Crippen molar-refractivity contribution in [3.8, 4) is 6.07 Å². The molecular formula is C18H29ClN4O2. The molecule has 0 bridgehead atoms. The standard InChI is InChI=1S/C18H28N4O2.ClH/c1-11(2)8-18(5,10-20)22-16(23)7-6-14-12(3)15(9-19)17(24)21-13(14)4;/h11H,6-8,10,20H2,1-5H3,(H,21,24)(H,22,23);1H. The van der Waals surface area contributed by atoms with Gasteiger partial charge in [0.25, 0.3) is 5.56 Å². The van der Waals surface area contributed by atoms with Gasteiger partial charge in [-0.1, -0.05) is 13.8 Å². The Balaban J connectivity index is 0.00000576. The Hall–Kier alpha value is -1.84. The fraction of sp³-hybridized carbons (Fsp3) is 0.611. The second-order valence-corrected chi connectivity index (χ2v) is 7.08. The minimum absolute atomic E-state index is 0. The van der Waals surface area contributed by atoms with Crippen LogP contribution in [0.3, 0.4) is 0 Å². The van der Waals surface area contributed by atoms with Crippen LogP contribution in [0.4, 0.5) is 0 Å². The van der Waals surface area contributed by atoms with Gasteiger partial charge in [0.2, 0.25) is 5.91 Å². The van der Waals surface area contributed by atoms with Crippen molar-refractivity contribution in [1.82, 2.24) is 10.3 Å². The van der Waals surface area contributed by atoms with Crippen LogP contribution in [0.15, 0.2) is 4.79 Å². The van der Waals surface area contributed by atoms with Crippen molar-refractivity contribution < 1.29 is 4.79 Å². The van der Waals surface area contributed by atoms with Crippen molar-refractivity contribution in [3.63, 3.8) is 0 Å². The third-order valence-corrected chi connectivity index (χ3v) is 4.27. The van der Waals surface area contributed by atoms with Crippen LogP contribution in [-0.4, -0.2) is 23.0 Å². The van der Waals surface area contributed by atoms with E-state index in [2.05, 4.69) is 24.1 Å². The minimum Gasteiger partial charge on any atom is -0.350 e. The van der Waals surface area contributed by atoms with Gasteiger partial charge in [-0.15, -0.1) is 12.4 Å². The van der Waals surface area contributed by atoms with Gasteiger partial charge in [0.1, 0.15) is 11.6 Å². The van der Waals surface area contributed by atoms with E-state index in [9.17, 15) is 9.59 Å². The summed E-state index contributed by atoms with van der Waals surface area (Å²) in [4.78, 5) is 26.7. The first-order valence-electron chi connectivity index (χ1n) is 8.27. The molecule has 6 nitrogen and oxygen atoms in total. The van der Waals surface area contributed by atoms with Gasteiger partial charge >= 0.3 is 0 Å². The Morgan fingerprint density at radius 2 is 2.00 bits per heavy atom. The Morgan fingerprint density at radius 1 is 1.40 bits per heavy atom. The van der Waals surface area contributed by atoms with Crippen molar-refractivity contribution in [2.75, 3.05) is 6.54 Å². The summed E-state index contributed by atoms with van der Waals surface area (Å²) in [6.45, 7) is 10.1. The molecule has 1 amide bonds. The number of carbonyl (C=O) groups excluding carboxylic acids is 1. The highest BCUT2D eigenvalue weighted by molar-refractivity contribution is 5.85. The molecule has 0 fully saturated rings. The maximum absolute atomic E-state index is 12.3. The molecule has 4 N–H and O–H groups in total. The van der Waals surface area contributed by atoms with E-state index in [1.54, 1.807) is 13.8 Å². The van der Waals surface area contributed by atoms with Crippen LogP contribution in [0.1, 0.15) is 56.0 Å². The molecule has 140 valence electrons. The van der Waals surface area contributed by atoms with Gasteiger partial charge in [-0.3, -0.25) is 9.59 Å². The SMILES string of the molecule is Cc1[nH]c(=O)c(C#N)c(C)c1CCC(=O)NC(C)(CN)CC(C)C.Cl. The maximum atomic E-state index is 12.3. The Labute approximate surface area is 155 Å². The van der Waals surface area contributed by atoms with E-state index in [0.29, 0.717) is 30.1 Å². The van der Waals surface area contributed by atoms with Gasteiger partial charge < -0.3 is 16.0 Å². The molecule has 1 rings (SSSR count). The van der Waals surface area contributed by atoms with Gasteiger partial charge in [-0.2, -0.15) is 5.26 Å². The summed E-state index contributed by atoms with van der Waals surface area (Å²) in [5, 5.41) is 12.1. The van der Waals surface area contributed by atoms with Crippen molar-refractivity contribution in [1.29, 1.82) is 5.26 Å². The molecule has 0 saturated carbocycles. The molecule has 1 heterocycles. The summed E-state index contributed by atoms with van der Waals surface area (Å²) in [5.41, 5.74) is 7.33. The van der Waals surface area contributed by atoms with Crippen LogP contribution in [0.2, 0.25) is 0 Å². The molecule has 1 unspecified atom stereocenters. The summed E-state index contributed by atoms with van der Waals surface area (Å²) < 4.78 is 0. The molecule has 0 aliphatic rings. The molecular weight excluding hydrogens is 340 g/mol. The highest BCUT2D eigenvalue weighted by Gasteiger charge is 2.25. The number of nitrogens with one attached hydrogen (secondary N) is 2. The van der Waals surface area contributed by atoms with E-state index in [0.717, 1.165) is 12.0 Å². The Morgan fingerprint density at radius 3 is 2.48 bits per heavy atom. The minimum atomic E-state index is -0.418. The van der Waals surface area contributed by atoms with Crippen molar-refractivity contribution in [2.24, 2.45) is 11.7 Å². The molecule has 0 aromatic carbocycles. The van der Waals surface area contributed by atoms with Gasteiger partial charge in [0.05, 0.1) is 0 Å². The lowest BCUT2D eigenvalue weighted by Gasteiger charge is -2.31. The Kier molecular flexibility index (Phi) is 8.89. The molecule has 1 atom stereocenters. The second-order valence-electron chi connectivity index (χ2n) is 7.08. The fourth-order valence-corrected chi connectivity index (χ4v) is 3.14. The smallest absolute Gasteiger partial charge is 0.266 e. The molecule has 0 spiro atoms. The number of hydrogen-bond acceptors (Lipinski definition) is 4. The van der Waals surface area contributed by atoms with Gasteiger partial charge in [-0.25, -0.2) is 0 Å². The van der Waals surface area contributed by atoms with Crippen molar-refractivity contribution in [2.45, 2.75) is 59.4 Å². The van der Waals surface area contributed by atoms with Crippen LogP contribution in [0.5, 0.6) is 0 Å². The first-order chi connectivity index (χ1) is 11.1. The zero-order valence-electron chi connectivity index (χ0n) is 15.7. The average Bonchev–Trinajstić information content (AvgIpc) is 2.46. The second kappa shape index (κ2) is 9.59. The van der Waals surface area contributed by atoms with Crippen LogP contribution < -0.4 is 16.6 Å². The van der Waals surface area contributed by atoms with Gasteiger partial charge in [-0.05, 0) is 50.7 Å². The number of carbonyl (C=O) groups is 1. The molecule has 0 aliphatic carbocycles. The molecule has 0 aliphatic heterocycles. The number of H-pyrrole nitrogens is 1. The lowest BCUT2D eigenvalue weighted by Crippen LogP contribution is -2.52. The largest absolute Gasteiger partial charge is 0.350 e. The number of hydrogen-bond donors (Lipinski definition) is 3. The number of halogens is 1. The molecule has 7 heteroatoms. The van der Waals surface area contributed by atoms with Crippen molar-refractivity contribution in [3.05, 3.63) is 32.7 Å². The number of nitriles is 1. The molecule has 0 radical (unpaired) electrons. The summed E-state index contributed by atoms with van der Waals surface area (Å²) in [5.74, 6) is 0.354. The molecule has 1 aromatic rings. The van der Waals surface area contributed by atoms with Crippen LogP contribution in [-0.2, 0) is 11.2 Å². The van der Waals surface area contributed by atoms with Crippen LogP contribution >= 0.6 is 12.4 Å². The number of nitrogens with zero attached hydrogens (tertiary/aromatic N) is 1. The van der Waals surface area contributed by atoms with Crippen molar-refractivity contribution >= 4 is 18.3 Å². The number of nitrogens with two attached hydrogens (primary N) is 1. The summed E-state index contributed by atoms with van der Waals surface area (Å²) in [6.07, 6.45) is 1.56. The lowest BCUT2D eigenvalue weighted by molar-refractivity contribution is -0.122. The summed E-state index contributed by atoms with van der Waals surface area (Å²) in [6, 6.07) is 1.93. The monoisotopic (exact) mass is 368 g/mol. The third kappa shape index (κ3) is 6.18. The normalized spacial score (nSPS) is 12.9. The fourth-order valence-electron chi connectivity index (χ4n) is 3.14. The summed E-state index contributed by atoms with van der Waals surface area (Å²) >= 11 is 0. The van der Waals surface area contributed by atoms with E-state index in [1.807, 2.05) is 13.0 Å². The topological polar surface area (TPSA) is 112 Å². The van der Waals surface area contributed by atoms with E-state index >= 15 is 0 Å². The molecule has 1 aromatic heterocycles. The highest BCUT2D eigenvalue weighted by atomic mass is 35.5. The zero-order chi connectivity index (χ0) is 18.5. The predicted molar refractivity (Wildman–Crippen MR) is 102 cm³/mol. The number of rotatable bonds is 7. The number of pyridine rings is 1. The van der Waals surface area contributed by atoms with Crippen LogP contribution in [0.25, 0.3) is 0 Å². The van der Waals surface area contributed by atoms with E-state index in [4.69, 9.17) is 11.0 Å². The van der Waals surface area contributed by atoms with E-state index in [1.165, 1.54) is 0 Å². The number of aromatic amines is 1. The predicted octanol–water partition coefficient (Wildman–Crippen LogP) is 2.10. The zero-order valence-corrected chi connectivity index (χ0v) is 16.5. The number of aromatic nitrogens is 1. The lowest BCUT2D eigenvalue weighted by atomic mass is 9.90. The number of aryl methyl sites for hydroxylation is 1. The third-order valence-electron chi connectivity index (χ3n) is 4.27. The summed E-state index contributed by atoms with van der Waals surface area (Å²) in [7, 11) is 0. The average molecular weight is 369 g/mol. The first kappa shape index (κ1) is 23.2.